The lowest BCUT2D eigenvalue weighted by molar-refractivity contribution is -0.131. The van der Waals surface area contributed by atoms with Gasteiger partial charge in [0.1, 0.15) is 11.7 Å². The minimum atomic E-state index is -1.27. The molecule has 0 radical (unpaired) electrons. The molecule has 2 N–H and O–H groups in total. The molecule has 33 heavy (non-hydrogen) atoms. The summed E-state index contributed by atoms with van der Waals surface area (Å²) in [6.07, 6.45) is 0. The molecule has 0 aromatic heterocycles. The number of halogens is 1. The standard InChI is InChI=1S/C26H24ClN3O3/c1-15-8-13-20(16(2)14-15)28-24(31)22-23-19-6-4-5-7-21(19)33-26(22,3)30(25(32)29-23)18-11-9-17(27)10-12-18/h4-14,22-23H,1-3H3,(H,28,31)(H,29,32). The third-order valence-electron chi connectivity index (χ3n) is 6.41. The largest absolute Gasteiger partial charge is 0.466 e. The highest BCUT2D eigenvalue weighted by Gasteiger charge is 2.60. The molecule has 3 atom stereocenters. The lowest BCUT2D eigenvalue weighted by atomic mass is 9.78. The van der Waals surface area contributed by atoms with Crippen LogP contribution in [0.2, 0.25) is 5.02 Å². The molecule has 3 aromatic carbocycles. The second kappa shape index (κ2) is 7.81. The van der Waals surface area contributed by atoms with E-state index in [2.05, 4.69) is 10.6 Å². The van der Waals surface area contributed by atoms with E-state index in [4.69, 9.17) is 16.3 Å². The molecular formula is C26H24ClN3O3. The molecule has 3 amide bonds. The Bertz CT molecular complexity index is 1260. The van der Waals surface area contributed by atoms with E-state index in [1.54, 1.807) is 31.2 Å². The van der Waals surface area contributed by atoms with Crippen LogP contribution in [-0.4, -0.2) is 17.7 Å². The zero-order chi connectivity index (χ0) is 23.3. The van der Waals surface area contributed by atoms with Gasteiger partial charge < -0.3 is 15.4 Å². The molecule has 2 aliphatic heterocycles. The first-order chi connectivity index (χ1) is 15.8. The highest BCUT2D eigenvalue weighted by atomic mass is 35.5. The van der Waals surface area contributed by atoms with Crippen LogP contribution in [0.4, 0.5) is 16.2 Å². The van der Waals surface area contributed by atoms with Gasteiger partial charge in [0.25, 0.3) is 0 Å². The predicted octanol–water partition coefficient (Wildman–Crippen LogP) is 5.59. The third kappa shape index (κ3) is 3.51. The molecule has 2 aliphatic rings. The fourth-order valence-corrected chi connectivity index (χ4v) is 5.00. The lowest BCUT2D eigenvalue weighted by Crippen LogP contribution is -2.72. The average molecular weight is 462 g/mol. The van der Waals surface area contributed by atoms with Crippen LogP contribution in [0.5, 0.6) is 5.75 Å². The van der Waals surface area contributed by atoms with Crippen molar-refractivity contribution in [2.75, 3.05) is 10.2 Å². The van der Waals surface area contributed by atoms with Crippen molar-refractivity contribution in [1.82, 2.24) is 5.32 Å². The maximum absolute atomic E-state index is 13.8. The van der Waals surface area contributed by atoms with Gasteiger partial charge in [0.2, 0.25) is 11.6 Å². The van der Waals surface area contributed by atoms with Crippen molar-refractivity contribution in [3.8, 4) is 5.75 Å². The summed E-state index contributed by atoms with van der Waals surface area (Å²) in [5.74, 6) is -0.316. The van der Waals surface area contributed by atoms with E-state index < -0.39 is 17.7 Å². The van der Waals surface area contributed by atoms with Crippen molar-refractivity contribution in [3.63, 3.8) is 0 Å². The van der Waals surface area contributed by atoms with Crippen LogP contribution in [0.1, 0.15) is 29.7 Å². The number of nitrogens with zero attached hydrogens (tertiary/aromatic N) is 1. The second-order valence-electron chi connectivity index (χ2n) is 8.72. The number of rotatable bonds is 3. The molecule has 0 aliphatic carbocycles. The Kier molecular flexibility index (Phi) is 5.05. The molecule has 1 fully saturated rings. The monoisotopic (exact) mass is 461 g/mol. The summed E-state index contributed by atoms with van der Waals surface area (Å²) in [4.78, 5) is 28.6. The topological polar surface area (TPSA) is 70.7 Å². The quantitative estimate of drug-likeness (QED) is 0.534. The van der Waals surface area contributed by atoms with Crippen LogP contribution in [0.3, 0.4) is 0 Å². The maximum atomic E-state index is 13.8. The molecule has 0 spiro atoms. The van der Waals surface area contributed by atoms with Crippen LogP contribution in [0.25, 0.3) is 0 Å². The summed E-state index contributed by atoms with van der Waals surface area (Å²) in [7, 11) is 0. The van der Waals surface area contributed by atoms with Crippen LogP contribution in [-0.2, 0) is 4.79 Å². The number of fused-ring (bicyclic) bond motifs is 4. The molecule has 6 nitrogen and oxygen atoms in total. The number of nitrogens with one attached hydrogen (secondary N) is 2. The van der Waals surface area contributed by atoms with Crippen molar-refractivity contribution >= 4 is 34.9 Å². The second-order valence-corrected chi connectivity index (χ2v) is 9.16. The van der Waals surface area contributed by atoms with Crippen LogP contribution >= 0.6 is 11.6 Å². The van der Waals surface area contributed by atoms with Gasteiger partial charge in [-0.05, 0) is 62.7 Å². The van der Waals surface area contributed by atoms with Gasteiger partial charge >= 0.3 is 6.03 Å². The van der Waals surface area contributed by atoms with E-state index >= 15 is 0 Å². The maximum Gasteiger partial charge on any atom is 0.325 e. The van der Waals surface area contributed by atoms with E-state index in [-0.39, 0.29) is 11.9 Å². The number of carbonyl (C=O) groups is 2. The zero-order valence-corrected chi connectivity index (χ0v) is 19.3. The zero-order valence-electron chi connectivity index (χ0n) is 18.6. The summed E-state index contributed by atoms with van der Waals surface area (Å²) >= 11 is 6.07. The Hall–Kier alpha value is -3.51. The molecule has 3 aromatic rings. The summed E-state index contributed by atoms with van der Waals surface area (Å²) in [5, 5.41) is 6.67. The van der Waals surface area contributed by atoms with Crippen molar-refractivity contribution in [2.45, 2.75) is 32.5 Å². The minimum Gasteiger partial charge on any atom is -0.466 e. The highest BCUT2D eigenvalue weighted by molar-refractivity contribution is 6.30. The molecule has 168 valence electrons. The number of carbonyl (C=O) groups excluding carboxylic acids is 2. The van der Waals surface area contributed by atoms with Gasteiger partial charge in [-0.25, -0.2) is 4.79 Å². The first-order valence-electron chi connectivity index (χ1n) is 10.8. The molecule has 2 bridgehead atoms. The van der Waals surface area contributed by atoms with E-state index in [1.807, 2.05) is 56.3 Å². The Morgan fingerprint density at radius 2 is 1.82 bits per heavy atom. The normalized spacial score (nSPS) is 23.3. The summed E-state index contributed by atoms with van der Waals surface area (Å²) in [5.41, 5.74) is 2.91. The lowest BCUT2D eigenvalue weighted by Gasteiger charge is -2.54. The van der Waals surface area contributed by atoms with E-state index in [9.17, 15) is 9.59 Å². The molecule has 2 heterocycles. The number of aryl methyl sites for hydroxylation is 2. The van der Waals surface area contributed by atoms with E-state index in [1.165, 1.54) is 4.90 Å². The average Bonchev–Trinajstić information content (AvgIpc) is 2.76. The number of ether oxygens (including phenoxy) is 1. The Morgan fingerprint density at radius 1 is 1.09 bits per heavy atom. The van der Waals surface area contributed by atoms with Gasteiger partial charge in [0.05, 0.1) is 6.04 Å². The van der Waals surface area contributed by atoms with Gasteiger partial charge in [0, 0.05) is 22.0 Å². The number of anilines is 2. The number of hydrogen-bond donors (Lipinski definition) is 2. The van der Waals surface area contributed by atoms with Crippen molar-refractivity contribution < 1.29 is 14.3 Å². The van der Waals surface area contributed by atoms with Gasteiger partial charge in [-0.1, -0.05) is 47.5 Å². The van der Waals surface area contributed by atoms with Crippen molar-refractivity contribution in [2.24, 2.45) is 5.92 Å². The van der Waals surface area contributed by atoms with Crippen LogP contribution in [0.15, 0.2) is 66.7 Å². The van der Waals surface area contributed by atoms with Crippen LogP contribution in [0, 0.1) is 19.8 Å². The smallest absolute Gasteiger partial charge is 0.325 e. The van der Waals surface area contributed by atoms with Crippen LogP contribution < -0.4 is 20.3 Å². The number of urea groups is 1. The fraction of sp³-hybridized carbons (Fsp3) is 0.231. The van der Waals surface area contributed by atoms with Gasteiger partial charge in [-0.3, -0.25) is 9.69 Å². The van der Waals surface area contributed by atoms with Gasteiger partial charge in [-0.2, -0.15) is 0 Å². The molecule has 7 heteroatoms. The van der Waals surface area contributed by atoms with Gasteiger partial charge in [-0.15, -0.1) is 0 Å². The third-order valence-corrected chi connectivity index (χ3v) is 6.67. The SMILES string of the molecule is Cc1ccc(NC(=O)C2C3NC(=O)N(c4ccc(Cl)cc4)C2(C)Oc2ccccc23)c(C)c1. The van der Waals surface area contributed by atoms with E-state index in [0.29, 0.717) is 16.5 Å². The predicted molar refractivity (Wildman–Crippen MR) is 129 cm³/mol. The van der Waals surface area contributed by atoms with Gasteiger partial charge in [0.15, 0.2) is 0 Å². The Balaban J connectivity index is 1.61. The summed E-state index contributed by atoms with van der Waals surface area (Å²) < 4.78 is 6.45. The van der Waals surface area contributed by atoms with Crippen molar-refractivity contribution in [3.05, 3.63) is 88.4 Å². The number of amides is 3. The highest BCUT2D eigenvalue weighted by Crippen LogP contribution is 2.49. The number of para-hydroxylation sites is 1. The first-order valence-corrected chi connectivity index (χ1v) is 11.2. The molecule has 5 rings (SSSR count). The number of benzene rings is 3. The first kappa shape index (κ1) is 21.3. The van der Waals surface area contributed by atoms with E-state index in [0.717, 1.165) is 22.4 Å². The Morgan fingerprint density at radius 3 is 2.55 bits per heavy atom. The minimum absolute atomic E-state index is 0.233. The molecular weight excluding hydrogens is 438 g/mol. The van der Waals surface area contributed by atoms with Crippen molar-refractivity contribution in [1.29, 1.82) is 0 Å². The summed E-state index contributed by atoms with van der Waals surface area (Å²) in [6.45, 7) is 5.75. The fourth-order valence-electron chi connectivity index (χ4n) is 4.87. The molecule has 3 unspecified atom stereocenters. The molecule has 0 saturated carbocycles. The Labute approximate surface area is 197 Å². The molecule has 1 saturated heterocycles. The number of hydrogen-bond acceptors (Lipinski definition) is 3. The summed E-state index contributed by atoms with van der Waals surface area (Å²) in [6, 6.07) is 19.4.